The average Bonchev–Trinajstić information content (AvgIpc) is 2.12. The first-order valence-electron chi connectivity index (χ1n) is 5.22. The van der Waals surface area contributed by atoms with Crippen molar-refractivity contribution < 1.29 is 0 Å². The van der Waals surface area contributed by atoms with Gasteiger partial charge < -0.3 is 0 Å². The third-order valence-electron chi connectivity index (χ3n) is 2.52. The number of hydrogen-bond acceptors (Lipinski definition) is 2. The highest BCUT2D eigenvalue weighted by atomic mass is 15.6. The molecule has 0 N–H and O–H groups in total. The molecule has 0 bridgehead atoms. The fourth-order valence-corrected chi connectivity index (χ4v) is 1.59. The van der Waals surface area contributed by atoms with E-state index in [0.29, 0.717) is 6.04 Å². The Hall–Kier alpha value is -0.0800. The summed E-state index contributed by atoms with van der Waals surface area (Å²) >= 11 is 0. The maximum absolute atomic E-state index is 2.46. The number of hydrazine groups is 1. The topological polar surface area (TPSA) is 6.48 Å². The van der Waals surface area contributed by atoms with Gasteiger partial charge in [0.15, 0.2) is 0 Å². The van der Waals surface area contributed by atoms with Gasteiger partial charge in [-0.05, 0) is 13.3 Å². The summed E-state index contributed by atoms with van der Waals surface area (Å²) in [5, 5.41) is 4.87. The van der Waals surface area contributed by atoms with Crippen LogP contribution in [-0.4, -0.2) is 35.7 Å². The normalized spacial score (nSPS) is 14.2. The van der Waals surface area contributed by atoms with Crippen LogP contribution in [-0.2, 0) is 0 Å². The average molecular weight is 172 g/mol. The molecule has 0 fully saturated rings. The number of nitrogens with zero attached hydrogens (tertiary/aromatic N) is 2. The summed E-state index contributed by atoms with van der Waals surface area (Å²) in [6.07, 6.45) is 1.23. The van der Waals surface area contributed by atoms with Crippen molar-refractivity contribution >= 4 is 0 Å². The van der Waals surface area contributed by atoms with Crippen molar-refractivity contribution in [1.29, 1.82) is 0 Å². The minimum atomic E-state index is 0.676. The van der Waals surface area contributed by atoms with Gasteiger partial charge in [0, 0.05) is 25.7 Å². The molecule has 0 aromatic rings. The van der Waals surface area contributed by atoms with Gasteiger partial charge in [-0.3, -0.25) is 0 Å². The van der Waals surface area contributed by atoms with Gasteiger partial charge in [0.1, 0.15) is 0 Å². The monoisotopic (exact) mass is 172 g/mol. The van der Waals surface area contributed by atoms with Gasteiger partial charge in [-0.2, -0.15) is 0 Å². The molecule has 0 aliphatic heterocycles. The molecule has 0 aliphatic rings. The summed E-state index contributed by atoms with van der Waals surface area (Å²) in [4.78, 5) is 0. The summed E-state index contributed by atoms with van der Waals surface area (Å²) < 4.78 is 0. The fourth-order valence-electron chi connectivity index (χ4n) is 1.59. The van der Waals surface area contributed by atoms with Crippen LogP contribution >= 0.6 is 0 Å². The van der Waals surface area contributed by atoms with Crippen LogP contribution < -0.4 is 0 Å². The molecule has 2 heteroatoms. The van der Waals surface area contributed by atoms with Crippen LogP contribution in [0.15, 0.2) is 0 Å². The second-order valence-corrected chi connectivity index (χ2v) is 3.15. The third kappa shape index (κ3) is 3.11. The van der Waals surface area contributed by atoms with E-state index in [2.05, 4.69) is 44.6 Å². The molecule has 0 aromatic heterocycles. The van der Waals surface area contributed by atoms with Gasteiger partial charge >= 0.3 is 0 Å². The minimum Gasteiger partial charge on any atom is -0.242 e. The summed E-state index contributed by atoms with van der Waals surface area (Å²) in [5.74, 6) is 0. The van der Waals surface area contributed by atoms with Crippen molar-refractivity contribution in [2.45, 2.75) is 47.1 Å². The molecule has 1 unspecified atom stereocenters. The molecule has 0 aliphatic carbocycles. The lowest BCUT2D eigenvalue weighted by Crippen LogP contribution is -2.47. The van der Waals surface area contributed by atoms with Gasteiger partial charge in [0.25, 0.3) is 0 Å². The molecule has 12 heavy (non-hydrogen) atoms. The van der Waals surface area contributed by atoms with E-state index >= 15 is 0 Å². The first kappa shape index (κ1) is 11.9. The zero-order chi connectivity index (χ0) is 9.56. The van der Waals surface area contributed by atoms with Crippen molar-refractivity contribution in [2.75, 3.05) is 19.6 Å². The molecule has 74 valence electrons. The highest BCUT2D eigenvalue weighted by Gasteiger charge is 2.14. The number of hydrogen-bond donors (Lipinski definition) is 0. The zero-order valence-corrected chi connectivity index (χ0v) is 9.30. The first-order chi connectivity index (χ1) is 5.71. The predicted molar refractivity (Wildman–Crippen MR) is 55.1 cm³/mol. The van der Waals surface area contributed by atoms with Gasteiger partial charge in [0.05, 0.1) is 0 Å². The SMILES string of the molecule is CCC(C)N(CC)N(CC)CC. The Kier molecular flexibility index (Phi) is 6.39. The second-order valence-electron chi connectivity index (χ2n) is 3.15. The minimum absolute atomic E-state index is 0.676. The Morgan fingerprint density at radius 2 is 1.42 bits per heavy atom. The van der Waals surface area contributed by atoms with Gasteiger partial charge in [-0.1, -0.05) is 27.7 Å². The van der Waals surface area contributed by atoms with E-state index in [4.69, 9.17) is 0 Å². The molecular formula is C10H24N2. The van der Waals surface area contributed by atoms with Crippen LogP contribution in [0.2, 0.25) is 0 Å². The van der Waals surface area contributed by atoms with Crippen LogP contribution in [0.4, 0.5) is 0 Å². The smallest absolute Gasteiger partial charge is 0.0214 e. The van der Waals surface area contributed by atoms with Gasteiger partial charge in [-0.15, -0.1) is 0 Å². The lowest BCUT2D eigenvalue weighted by molar-refractivity contribution is -0.0448. The van der Waals surface area contributed by atoms with E-state index < -0.39 is 0 Å². The fraction of sp³-hybridized carbons (Fsp3) is 1.00. The maximum atomic E-state index is 2.46. The summed E-state index contributed by atoms with van der Waals surface area (Å²) in [5.41, 5.74) is 0. The Labute approximate surface area is 77.5 Å². The summed E-state index contributed by atoms with van der Waals surface area (Å²) in [7, 11) is 0. The van der Waals surface area contributed by atoms with Crippen LogP contribution in [0.3, 0.4) is 0 Å². The van der Waals surface area contributed by atoms with E-state index in [9.17, 15) is 0 Å². The van der Waals surface area contributed by atoms with Crippen LogP contribution in [0.25, 0.3) is 0 Å². The van der Waals surface area contributed by atoms with Gasteiger partial charge in [-0.25, -0.2) is 10.0 Å². The molecule has 0 spiro atoms. The Balaban J connectivity index is 4.09. The second kappa shape index (κ2) is 6.44. The van der Waals surface area contributed by atoms with E-state index in [1.54, 1.807) is 0 Å². The standard InChI is InChI=1S/C10H24N2/c1-6-10(5)12(9-4)11(7-2)8-3/h10H,6-9H2,1-5H3. The summed E-state index contributed by atoms with van der Waals surface area (Å²) in [6.45, 7) is 14.6. The zero-order valence-electron chi connectivity index (χ0n) is 9.30. The van der Waals surface area contributed by atoms with E-state index in [-0.39, 0.29) is 0 Å². The Morgan fingerprint density at radius 1 is 0.917 bits per heavy atom. The van der Waals surface area contributed by atoms with Gasteiger partial charge in [0.2, 0.25) is 0 Å². The first-order valence-corrected chi connectivity index (χ1v) is 5.22. The Morgan fingerprint density at radius 3 is 1.67 bits per heavy atom. The van der Waals surface area contributed by atoms with Crippen molar-refractivity contribution in [3.8, 4) is 0 Å². The molecule has 1 atom stereocenters. The third-order valence-corrected chi connectivity index (χ3v) is 2.52. The van der Waals surface area contributed by atoms with Crippen LogP contribution in [0, 0.1) is 0 Å². The molecule has 0 saturated heterocycles. The molecular weight excluding hydrogens is 148 g/mol. The quantitative estimate of drug-likeness (QED) is 0.568. The molecule has 0 rings (SSSR count). The molecule has 0 heterocycles. The molecule has 0 amide bonds. The maximum Gasteiger partial charge on any atom is 0.0214 e. The molecule has 0 aromatic carbocycles. The van der Waals surface area contributed by atoms with Crippen molar-refractivity contribution in [3.05, 3.63) is 0 Å². The highest BCUT2D eigenvalue weighted by molar-refractivity contribution is 4.61. The number of rotatable bonds is 6. The van der Waals surface area contributed by atoms with Crippen LogP contribution in [0.5, 0.6) is 0 Å². The lowest BCUT2D eigenvalue weighted by atomic mass is 10.2. The molecule has 2 nitrogen and oxygen atoms in total. The largest absolute Gasteiger partial charge is 0.242 e. The molecule has 0 radical (unpaired) electrons. The molecule has 0 saturated carbocycles. The van der Waals surface area contributed by atoms with Crippen molar-refractivity contribution in [3.63, 3.8) is 0 Å². The highest BCUT2D eigenvalue weighted by Crippen LogP contribution is 2.06. The predicted octanol–water partition coefficient (Wildman–Crippen LogP) is 2.36. The van der Waals surface area contributed by atoms with E-state index in [1.165, 1.54) is 6.42 Å². The van der Waals surface area contributed by atoms with Crippen molar-refractivity contribution in [2.24, 2.45) is 0 Å². The van der Waals surface area contributed by atoms with Crippen molar-refractivity contribution in [1.82, 2.24) is 10.0 Å². The van der Waals surface area contributed by atoms with E-state index in [1.807, 2.05) is 0 Å². The summed E-state index contributed by atoms with van der Waals surface area (Å²) in [6, 6.07) is 0.676. The Bertz CT molecular complexity index is 100. The lowest BCUT2D eigenvalue weighted by Gasteiger charge is -2.37. The van der Waals surface area contributed by atoms with Crippen LogP contribution in [0.1, 0.15) is 41.0 Å². The van der Waals surface area contributed by atoms with E-state index in [0.717, 1.165) is 19.6 Å².